The maximum absolute atomic E-state index is 11.5. The molecule has 0 aliphatic heterocycles. The second-order valence-corrected chi connectivity index (χ2v) is 14.3. The monoisotopic (exact) mass is 713 g/mol. The SMILES string of the molecule is CCC(CC)(CCP(=O)(O)O)Oc1ccc(NC2=CCC(OC)(c3cccc(Nc4ccc(OC)cc4)c3Nc3ccc(OC)cc3)C=C2)cc1. The molecule has 0 saturated heterocycles. The largest absolute Gasteiger partial charge is 0.497 e. The number of methoxy groups -OCH3 is 3. The molecule has 0 bridgehead atoms. The second kappa shape index (κ2) is 16.5. The number of rotatable bonds is 17. The van der Waals surface area contributed by atoms with Gasteiger partial charge in [-0.05, 0) is 110 Å². The van der Waals surface area contributed by atoms with E-state index in [0.29, 0.717) is 25.0 Å². The maximum atomic E-state index is 11.5. The van der Waals surface area contributed by atoms with Gasteiger partial charge in [0, 0.05) is 41.9 Å². The standard InChI is InChI=1S/C40H48N3O7P/c1-6-39(7-2,27-28-51(44,45)46)50-35-21-15-29(16-22-35)41-32-23-25-40(49-5,26-24-32)36-9-8-10-37(42-30-11-17-33(47-3)18-12-30)38(36)43-31-13-19-34(48-4)20-14-31/h8-25,41-43H,6-7,26-28H2,1-5H3,(H2,44,45,46). The van der Waals surface area contributed by atoms with Gasteiger partial charge in [0.05, 0.1) is 31.8 Å². The molecule has 0 fully saturated rings. The average Bonchev–Trinajstić information content (AvgIpc) is 3.15. The fourth-order valence-electron chi connectivity index (χ4n) is 6.14. The van der Waals surface area contributed by atoms with Crippen molar-refractivity contribution in [1.82, 2.24) is 0 Å². The van der Waals surface area contributed by atoms with Crippen LogP contribution in [0.15, 0.2) is 115 Å². The molecule has 5 rings (SSSR count). The van der Waals surface area contributed by atoms with E-state index in [2.05, 4.69) is 34.2 Å². The van der Waals surface area contributed by atoms with Gasteiger partial charge in [-0.15, -0.1) is 0 Å². The Hall–Kier alpha value is -4.73. The summed E-state index contributed by atoms with van der Waals surface area (Å²) in [6, 6.07) is 29.4. The second-order valence-electron chi connectivity index (χ2n) is 12.5. The van der Waals surface area contributed by atoms with Gasteiger partial charge in [-0.25, -0.2) is 0 Å². The van der Waals surface area contributed by atoms with Gasteiger partial charge in [0.25, 0.3) is 0 Å². The van der Waals surface area contributed by atoms with Gasteiger partial charge in [0.1, 0.15) is 28.5 Å². The molecule has 0 saturated carbocycles. The van der Waals surface area contributed by atoms with Gasteiger partial charge < -0.3 is 44.7 Å². The molecule has 0 amide bonds. The molecule has 5 N–H and O–H groups in total. The third-order valence-electron chi connectivity index (χ3n) is 9.40. The number of hydrogen-bond acceptors (Lipinski definition) is 8. The lowest BCUT2D eigenvalue weighted by atomic mass is 9.84. The summed E-state index contributed by atoms with van der Waals surface area (Å²) in [7, 11) is 0.905. The van der Waals surface area contributed by atoms with Crippen LogP contribution in [0, 0.1) is 0 Å². The third-order valence-corrected chi connectivity index (χ3v) is 10.2. The summed E-state index contributed by atoms with van der Waals surface area (Å²) in [4.78, 5) is 18.9. The minimum absolute atomic E-state index is 0.208. The molecule has 0 aromatic heterocycles. The van der Waals surface area contributed by atoms with E-state index >= 15 is 0 Å². The number of benzene rings is 4. The molecular formula is C40H48N3O7P. The Balaban J connectivity index is 1.36. The van der Waals surface area contributed by atoms with E-state index in [9.17, 15) is 14.4 Å². The van der Waals surface area contributed by atoms with E-state index < -0.39 is 18.8 Å². The van der Waals surface area contributed by atoms with Crippen molar-refractivity contribution < 1.29 is 33.3 Å². The normalized spacial score (nSPS) is 15.9. The predicted octanol–water partition coefficient (Wildman–Crippen LogP) is 9.49. The zero-order valence-electron chi connectivity index (χ0n) is 29.8. The molecule has 0 spiro atoms. The average molecular weight is 714 g/mol. The van der Waals surface area contributed by atoms with Crippen LogP contribution < -0.4 is 30.2 Å². The molecule has 11 heteroatoms. The number of nitrogens with one attached hydrogen (secondary N) is 3. The minimum atomic E-state index is -4.12. The quantitative estimate of drug-likeness (QED) is 0.0675. The molecule has 1 unspecified atom stereocenters. The van der Waals surface area contributed by atoms with Crippen LogP contribution >= 0.6 is 7.60 Å². The highest BCUT2D eigenvalue weighted by molar-refractivity contribution is 7.51. The zero-order valence-corrected chi connectivity index (χ0v) is 30.7. The molecule has 0 radical (unpaired) electrons. The summed E-state index contributed by atoms with van der Waals surface area (Å²) in [5.41, 5.74) is 4.93. The third kappa shape index (κ3) is 9.54. The Bertz CT molecular complexity index is 1850. The summed E-state index contributed by atoms with van der Waals surface area (Å²) >= 11 is 0. The highest BCUT2D eigenvalue weighted by Gasteiger charge is 2.34. The number of ether oxygens (including phenoxy) is 4. The molecule has 0 heterocycles. The molecule has 51 heavy (non-hydrogen) atoms. The smallest absolute Gasteiger partial charge is 0.325 e. The molecule has 1 aliphatic rings. The number of allylic oxidation sites excluding steroid dienone is 1. The Labute approximate surface area is 300 Å². The van der Waals surface area contributed by atoms with Crippen LogP contribution in [0.5, 0.6) is 17.2 Å². The van der Waals surface area contributed by atoms with Crippen LogP contribution in [0.1, 0.15) is 45.1 Å². The van der Waals surface area contributed by atoms with Crippen LogP contribution in [-0.4, -0.2) is 42.9 Å². The van der Waals surface area contributed by atoms with Crippen LogP contribution in [0.25, 0.3) is 0 Å². The van der Waals surface area contributed by atoms with Gasteiger partial charge in [0.15, 0.2) is 0 Å². The number of hydrogen-bond donors (Lipinski definition) is 5. The summed E-state index contributed by atoms with van der Waals surface area (Å²) in [6.07, 6.45) is 8.15. The fourth-order valence-corrected chi connectivity index (χ4v) is 6.84. The van der Waals surface area contributed by atoms with Gasteiger partial charge in [-0.2, -0.15) is 0 Å². The maximum Gasteiger partial charge on any atom is 0.325 e. The van der Waals surface area contributed by atoms with Crippen molar-refractivity contribution in [2.75, 3.05) is 43.4 Å². The summed E-state index contributed by atoms with van der Waals surface area (Å²) in [5, 5.41) is 10.7. The summed E-state index contributed by atoms with van der Waals surface area (Å²) in [6.45, 7) is 3.96. The Morgan fingerprint density at radius 3 is 1.78 bits per heavy atom. The Morgan fingerprint density at radius 2 is 1.29 bits per heavy atom. The van der Waals surface area contributed by atoms with E-state index in [1.165, 1.54) is 0 Å². The molecular weight excluding hydrogens is 665 g/mol. The van der Waals surface area contributed by atoms with Crippen LogP contribution in [-0.2, 0) is 14.9 Å². The lowest BCUT2D eigenvalue weighted by Crippen LogP contribution is -2.35. The van der Waals surface area contributed by atoms with Gasteiger partial charge in [0.2, 0.25) is 0 Å². The molecule has 270 valence electrons. The predicted molar refractivity (Wildman–Crippen MR) is 205 cm³/mol. The van der Waals surface area contributed by atoms with E-state index in [4.69, 9.17) is 18.9 Å². The van der Waals surface area contributed by atoms with Crippen molar-refractivity contribution in [1.29, 1.82) is 0 Å². The number of para-hydroxylation sites is 1. The highest BCUT2D eigenvalue weighted by Crippen LogP contribution is 2.44. The first-order chi connectivity index (χ1) is 24.5. The molecule has 4 aromatic rings. The van der Waals surface area contributed by atoms with Gasteiger partial charge >= 0.3 is 7.60 Å². The summed E-state index contributed by atoms with van der Waals surface area (Å²) in [5.74, 6) is 2.21. The Morgan fingerprint density at radius 1 is 0.745 bits per heavy atom. The van der Waals surface area contributed by atoms with Crippen molar-refractivity contribution in [3.63, 3.8) is 0 Å². The summed E-state index contributed by atoms with van der Waals surface area (Å²) < 4.78 is 34.9. The topological polar surface area (TPSA) is 131 Å². The van der Waals surface area contributed by atoms with Crippen LogP contribution in [0.4, 0.5) is 28.4 Å². The first-order valence-electron chi connectivity index (χ1n) is 17.0. The number of anilines is 5. The minimum Gasteiger partial charge on any atom is -0.497 e. The van der Waals surface area contributed by atoms with Crippen molar-refractivity contribution in [2.45, 2.75) is 50.7 Å². The first kappa shape index (κ1) is 37.5. The molecule has 4 aromatic carbocycles. The fraction of sp³-hybridized carbons (Fsp3) is 0.300. The zero-order chi connectivity index (χ0) is 36.5. The van der Waals surface area contributed by atoms with E-state index in [-0.39, 0.29) is 12.6 Å². The Kier molecular flexibility index (Phi) is 12.2. The van der Waals surface area contributed by atoms with Gasteiger partial charge in [-0.3, -0.25) is 4.57 Å². The van der Waals surface area contributed by atoms with Crippen molar-refractivity contribution >= 4 is 36.0 Å². The van der Waals surface area contributed by atoms with Crippen molar-refractivity contribution in [3.05, 3.63) is 120 Å². The molecule has 1 aliphatic carbocycles. The first-order valence-corrected chi connectivity index (χ1v) is 18.8. The lowest BCUT2D eigenvalue weighted by molar-refractivity contribution is 0.0311. The van der Waals surface area contributed by atoms with E-state index in [1.807, 2.05) is 105 Å². The van der Waals surface area contributed by atoms with Crippen LogP contribution in [0.3, 0.4) is 0 Å². The van der Waals surface area contributed by atoms with Crippen LogP contribution in [0.2, 0.25) is 0 Å². The lowest BCUT2D eigenvalue weighted by Gasteiger charge is -2.34. The van der Waals surface area contributed by atoms with E-state index in [1.54, 1.807) is 21.3 Å². The van der Waals surface area contributed by atoms with Crippen molar-refractivity contribution in [2.24, 2.45) is 0 Å². The van der Waals surface area contributed by atoms with Crippen molar-refractivity contribution in [3.8, 4) is 17.2 Å². The molecule has 1 atom stereocenters. The van der Waals surface area contributed by atoms with E-state index in [0.717, 1.165) is 51.2 Å². The molecule has 10 nitrogen and oxygen atoms in total. The highest BCUT2D eigenvalue weighted by atomic mass is 31.2. The van der Waals surface area contributed by atoms with Gasteiger partial charge in [-0.1, -0.05) is 32.1 Å².